The second-order valence-electron chi connectivity index (χ2n) is 7.75. The van der Waals surface area contributed by atoms with Gasteiger partial charge in [0.1, 0.15) is 0 Å². The van der Waals surface area contributed by atoms with Gasteiger partial charge in [-0.3, -0.25) is 4.79 Å². The summed E-state index contributed by atoms with van der Waals surface area (Å²) in [5, 5.41) is 3.21. The van der Waals surface area contributed by atoms with Gasteiger partial charge >= 0.3 is 0 Å². The van der Waals surface area contributed by atoms with Gasteiger partial charge in [0, 0.05) is 5.69 Å². The molecule has 1 aliphatic rings. The fraction of sp³-hybridized carbons (Fsp3) is 0.550. The molecule has 0 bridgehead atoms. The lowest BCUT2D eigenvalue weighted by atomic mass is 9.98. The zero-order valence-corrected chi connectivity index (χ0v) is 14.9. The van der Waals surface area contributed by atoms with Crippen LogP contribution >= 0.6 is 0 Å². The van der Waals surface area contributed by atoms with Gasteiger partial charge in [-0.2, -0.15) is 0 Å². The Hall–Kier alpha value is -1.57. The summed E-state index contributed by atoms with van der Waals surface area (Å²) >= 11 is 0. The summed E-state index contributed by atoms with van der Waals surface area (Å²) in [4.78, 5) is 12.8. The molecule has 0 heterocycles. The number of rotatable bonds is 4. The first kappa shape index (κ1) is 16.8. The topological polar surface area (TPSA) is 29.1 Å². The summed E-state index contributed by atoms with van der Waals surface area (Å²) in [6.07, 6.45) is 2.24. The molecule has 2 nitrogen and oxygen atoms in total. The lowest BCUT2D eigenvalue weighted by Gasteiger charge is -2.16. The Morgan fingerprint density at radius 2 is 1.91 bits per heavy atom. The van der Waals surface area contributed by atoms with Gasteiger partial charge in [0.2, 0.25) is 5.91 Å². The monoisotopic (exact) mass is 299 g/mol. The minimum atomic E-state index is 0.0576. The van der Waals surface area contributed by atoms with E-state index in [9.17, 15) is 4.79 Å². The van der Waals surface area contributed by atoms with Crippen molar-refractivity contribution in [2.75, 3.05) is 5.32 Å². The van der Waals surface area contributed by atoms with Crippen LogP contribution in [0.4, 0.5) is 5.69 Å². The standard InChI is InChI=1S/C20H29NO/c1-12(2)11-16-17(20(16,6)7)19(22)21-18-14(5)9-8-10-15(18)13(3)4/h8-11,13,16-17H,1-7H3,(H,21,22)/t16-,17-/m1/s1. The third-order valence-electron chi connectivity index (χ3n) is 4.88. The first-order chi connectivity index (χ1) is 10.2. The van der Waals surface area contributed by atoms with Gasteiger partial charge in [0.15, 0.2) is 0 Å². The molecule has 0 aromatic heterocycles. The highest BCUT2D eigenvalue weighted by atomic mass is 16.2. The van der Waals surface area contributed by atoms with Crippen LogP contribution in [0, 0.1) is 24.2 Å². The van der Waals surface area contributed by atoms with E-state index in [1.165, 1.54) is 11.1 Å². The molecule has 0 aliphatic heterocycles. The van der Waals surface area contributed by atoms with Crippen molar-refractivity contribution in [3.05, 3.63) is 41.0 Å². The quantitative estimate of drug-likeness (QED) is 0.751. The number of hydrogen-bond donors (Lipinski definition) is 1. The van der Waals surface area contributed by atoms with Gasteiger partial charge in [0.25, 0.3) is 0 Å². The average molecular weight is 299 g/mol. The molecule has 2 rings (SSSR count). The Labute approximate surface area is 135 Å². The minimum Gasteiger partial charge on any atom is -0.325 e. The Kier molecular flexibility index (Phi) is 4.51. The van der Waals surface area contributed by atoms with Crippen molar-refractivity contribution in [1.82, 2.24) is 0 Å². The number of amides is 1. The van der Waals surface area contributed by atoms with E-state index in [2.05, 4.69) is 78.1 Å². The first-order valence-corrected chi connectivity index (χ1v) is 8.21. The molecule has 0 saturated heterocycles. The minimum absolute atomic E-state index is 0.0576. The van der Waals surface area contributed by atoms with E-state index in [1.807, 2.05) is 0 Å². The highest BCUT2D eigenvalue weighted by molar-refractivity contribution is 5.97. The summed E-state index contributed by atoms with van der Waals surface area (Å²) in [6, 6.07) is 6.24. The summed E-state index contributed by atoms with van der Waals surface area (Å²) in [6.45, 7) is 15.0. The fourth-order valence-corrected chi connectivity index (χ4v) is 3.39. The van der Waals surface area contributed by atoms with Gasteiger partial charge in [-0.1, -0.05) is 57.5 Å². The molecule has 0 radical (unpaired) electrons. The van der Waals surface area contributed by atoms with Gasteiger partial charge < -0.3 is 5.32 Å². The SMILES string of the molecule is CC(C)=C[C@@H]1[C@H](C(=O)Nc2c(C)cccc2C(C)C)C1(C)C. The van der Waals surface area contributed by atoms with Crippen LogP contribution in [0.3, 0.4) is 0 Å². The number of para-hydroxylation sites is 1. The molecule has 1 aromatic rings. The van der Waals surface area contributed by atoms with Gasteiger partial charge in [-0.25, -0.2) is 0 Å². The number of carbonyl (C=O) groups is 1. The second-order valence-corrected chi connectivity index (χ2v) is 7.75. The molecule has 2 heteroatoms. The summed E-state index contributed by atoms with van der Waals surface area (Å²) < 4.78 is 0. The molecule has 1 aromatic carbocycles. The van der Waals surface area contributed by atoms with E-state index < -0.39 is 0 Å². The second kappa shape index (κ2) is 5.91. The lowest BCUT2D eigenvalue weighted by molar-refractivity contribution is -0.118. The summed E-state index contributed by atoms with van der Waals surface area (Å²) in [7, 11) is 0. The van der Waals surface area contributed by atoms with E-state index in [1.54, 1.807) is 0 Å². The number of benzene rings is 1. The average Bonchev–Trinajstić information content (AvgIpc) is 2.92. The van der Waals surface area contributed by atoms with Crippen LogP contribution in [0.1, 0.15) is 58.6 Å². The van der Waals surface area contributed by atoms with Crippen LogP contribution in [0.25, 0.3) is 0 Å². The van der Waals surface area contributed by atoms with Crippen molar-refractivity contribution < 1.29 is 4.79 Å². The van der Waals surface area contributed by atoms with E-state index in [0.717, 1.165) is 11.3 Å². The number of nitrogens with one attached hydrogen (secondary N) is 1. The van der Waals surface area contributed by atoms with Gasteiger partial charge in [-0.05, 0) is 49.1 Å². The van der Waals surface area contributed by atoms with Crippen LogP contribution in [0.2, 0.25) is 0 Å². The smallest absolute Gasteiger partial charge is 0.228 e. The fourth-order valence-electron chi connectivity index (χ4n) is 3.39. The van der Waals surface area contributed by atoms with Crippen molar-refractivity contribution in [3.63, 3.8) is 0 Å². The summed E-state index contributed by atoms with van der Waals surface area (Å²) in [5.74, 6) is 0.978. The van der Waals surface area contributed by atoms with Crippen LogP contribution in [-0.4, -0.2) is 5.91 Å². The van der Waals surface area contributed by atoms with Crippen molar-refractivity contribution >= 4 is 11.6 Å². The van der Waals surface area contributed by atoms with E-state index in [0.29, 0.717) is 11.8 Å². The van der Waals surface area contributed by atoms with Gasteiger partial charge in [0.05, 0.1) is 5.92 Å². The Morgan fingerprint density at radius 3 is 2.45 bits per heavy atom. The van der Waals surface area contributed by atoms with Crippen LogP contribution < -0.4 is 5.32 Å². The molecule has 1 saturated carbocycles. The normalized spacial score (nSPS) is 22.4. The van der Waals surface area contributed by atoms with E-state index in [4.69, 9.17) is 0 Å². The molecule has 1 aliphatic carbocycles. The maximum Gasteiger partial charge on any atom is 0.228 e. The Morgan fingerprint density at radius 1 is 1.27 bits per heavy atom. The van der Waals surface area contributed by atoms with E-state index in [-0.39, 0.29) is 17.2 Å². The van der Waals surface area contributed by atoms with Crippen LogP contribution in [-0.2, 0) is 4.79 Å². The highest BCUT2D eigenvalue weighted by Crippen LogP contribution is 2.59. The van der Waals surface area contributed by atoms with E-state index >= 15 is 0 Å². The molecular weight excluding hydrogens is 270 g/mol. The molecule has 2 atom stereocenters. The van der Waals surface area contributed by atoms with Crippen LogP contribution in [0.5, 0.6) is 0 Å². The maximum atomic E-state index is 12.8. The molecular formula is C20H29NO. The zero-order chi connectivity index (χ0) is 16.7. The zero-order valence-electron chi connectivity index (χ0n) is 14.9. The van der Waals surface area contributed by atoms with Crippen molar-refractivity contribution in [1.29, 1.82) is 0 Å². The number of hydrogen-bond acceptors (Lipinski definition) is 1. The van der Waals surface area contributed by atoms with Crippen molar-refractivity contribution in [2.24, 2.45) is 17.3 Å². The Balaban J connectivity index is 2.23. The first-order valence-electron chi connectivity index (χ1n) is 8.21. The molecule has 0 spiro atoms. The highest BCUT2D eigenvalue weighted by Gasteiger charge is 2.60. The number of carbonyl (C=O) groups excluding carboxylic acids is 1. The van der Waals surface area contributed by atoms with Gasteiger partial charge in [-0.15, -0.1) is 0 Å². The number of allylic oxidation sites excluding steroid dienone is 2. The third-order valence-corrected chi connectivity index (χ3v) is 4.88. The number of aryl methyl sites for hydroxylation is 1. The third kappa shape index (κ3) is 3.11. The molecule has 1 N–H and O–H groups in total. The molecule has 1 amide bonds. The lowest BCUT2D eigenvalue weighted by Crippen LogP contribution is -2.19. The number of anilines is 1. The van der Waals surface area contributed by atoms with Crippen molar-refractivity contribution in [3.8, 4) is 0 Å². The largest absolute Gasteiger partial charge is 0.325 e. The predicted molar refractivity (Wildman–Crippen MR) is 94.1 cm³/mol. The van der Waals surface area contributed by atoms with Crippen molar-refractivity contribution in [2.45, 2.75) is 54.4 Å². The Bertz CT molecular complexity index is 606. The maximum absolute atomic E-state index is 12.8. The molecule has 1 fully saturated rings. The molecule has 22 heavy (non-hydrogen) atoms. The molecule has 0 unspecified atom stereocenters. The molecule has 120 valence electrons. The summed E-state index contributed by atoms with van der Waals surface area (Å²) in [5.41, 5.74) is 4.69. The predicted octanol–water partition coefficient (Wildman–Crippen LogP) is 5.30. The van der Waals surface area contributed by atoms with Crippen LogP contribution in [0.15, 0.2) is 29.8 Å².